The molecule has 0 amide bonds. The zero-order valence-electron chi connectivity index (χ0n) is 11.5. The number of ether oxygens (including phenoxy) is 2. The highest BCUT2D eigenvalue weighted by Crippen LogP contribution is 2.28. The minimum atomic E-state index is -0.436. The van der Waals surface area contributed by atoms with Gasteiger partial charge in [0.15, 0.2) is 23.1 Å². The van der Waals surface area contributed by atoms with E-state index in [0.717, 1.165) is 0 Å². The lowest BCUT2D eigenvalue weighted by Gasteiger charge is -2.09. The second-order valence-electron chi connectivity index (χ2n) is 4.54. The van der Waals surface area contributed by atoms with E-state index in [2.05, 4.69) is 0 Å². The molecule has 0 aliphatic rings. The molecular formula is C18H12F2O2. The average molecular weight is 298 g/mol. The van der Waals surface area contributed by atoms with Gasteiger partial charge in [0.2, 0.25) is 0 Å². The van der Waals surface area contributed by atoms with Crippen molar-refractivity contribution in [3.8, 4) is 23.0 Å². The van der Waals surface area contributed by atoms with E-state index in [-0.39, 0.29) is 11.5 Å². The average Bonchev–Trinajstić information content (AvgIpc) is 2.54. The fourth-order valence-electron chi connectivity index (χ4n) is 1.88. The Hall–Kier alpha value is -2.88. The summed E-state index contributed by atoms with van der Waals surface area (Å²) in [6, 6.07) is 18.8. The number of hydrogen-bond acceptors (Lipinski definition) is 2. The number of benzene rings is 3. The van der Waals surface area contributed by atoms with Crippen LogP contribution in [-0.2, 0) is 0 Å². The Balaban J connectivity index is 1.73. The predicted octanol–water partition coefficient (Wildman–Crippen LogP) is 5.55. The Morgan fingerprint density at radius 3 is 1.23 bits per heavy atom. The molecule has 0 fully saturated rings. The molecule has 0 aliphatic carbocycles. The lowest BCUT2D eigenvalue weighted by Crippen LogP contribution is -1.89. The van der Waals surface area contributed by atoms with Crippen molar-refractivity contribution in [2.24, 2.45) is 0 Å². The number of halogens is 2. The van der Waals surface area contributed by atoms with Crippen LogP contribution in [0.1, 0.15) is 0 Å². The molecule has 0 aromatic heterocycles. The number of hydrogen-bond donors (Lipinski definition) is 0. The van der Waals surface area contributed by atoms with Crippen LogP contribution >= 0.6 is 0 Å². The highest BCUT2D eigenvalue weighted by atomic mass is 19.1. The monoisotopic (exact) mass is 298 g/mol. The third-order valence-electron chi connectivity index (χ3n) is 2.95. The van der Waals surface area contributed by atoms with Crippen molar-refractivity contribution < 1.29 is 18.3 Å². The quantitative estimate of drug-likeness (QED) is 0.628. The Kier molecular flexibility index (Phi) is 4.01. The van der Waals surface area contributed by atoms with Gasteiger partial charge in [-0.15, -0.1) is 0 Å². The maximum atomic E-state index is 13.5. The van der Waals surface area contributed by atoms with Crippen LogP contribution in [-0.4, -0.2) is 0 Å². The van der Waals surface area contributed by atoms with Crippen molar-refractivity contribution in [1.82, 2.24) is 0 Å². The molecule has 2 nitrogen and oxygen atoms in total. The van der Waals surface area contributed by atoms with Crippen molar-refractivity contribution in [2.75, 3.05) is 0 Å². The van der Waals surface area contributed by atoms with Gasteiger partial charge >= 0.3 is 0 Å². The van der Waals surface area contributed by atoms with E-state index in [1.807, 2.05) is 0 Å². The molecule has 0 spiro atoms. The first-order valence-corrected chi connectivity index (χ1v) is 6.67. The van der Waals surface area contributed by atoms with Crippen LogP contribution in [0.15, 0.2) is 72.8 Å². The molecule has 3 rings (SSSR count). The van der Waals surface area contributed by atoms with Gasteiger partial charge in [-0.2, -0.15) is 0 Å². The van der Waals surface area contributed by atoms with E-state index >= 15 is 0 Å². The molecule has 0 N–H and O–H groups in total. The maximum absolute atomic E-state index is 13.5. The van der Waals surface area contributed by atoms with E-state index in [0.29, 0.717) is 11.5 Å². The Morgan fingerprint density at radius 1 is 0.500 bits per heavy atom. The zero-order valence-corrected chi connectivity index (χ0v) is 11.5. The summed E-state index contributed by atoms with van der Waals surface area (Å²) in [5.74, 6) is 0.343. The molecule has 0 radical (unpaired) electrons. The fraction of sp³-hybridized carbons (Fsp3) is 0. The zero-order chi connectivity index (χ0) is 15.4. The summed E-state index contributed by atoms with van der Waals surface area (Å²) in [5, 5.41) is 0. The molecule has 3 aromatic carbocycles. The molecule has 110 valence electrons. The first kappa shape index (κ1) is 14.1. The van der Waals surface area contributed by atoms with Gasteiger partial charge in [-0.3, -0.25) is 0 Å². The van der Waals surface area contributed by atoms with Crippen LogP contribution < -0.4 is 9.47 Å². The van der Waals surface area contributed by atoms with Crippen molar-refractivity contribution in [3.05, 3.63) is 84.4 Å². The SMILES string of the molecule is Fc1ccccc1Oc1ccc(Oc2ccccc2F)cc1. The van der Waals surface area contributed by atoms with Crippen molar-refractivity contribution in [2.45, 2.75) is 0 Å². The van der Waals surface area contributed by atoms with E-state index < -0.39 is 11.6 Å². The second kappa shape index (κ2) is 6.26. The molecule has 0 saturated carbocycles. The van der Waals surface area contributed by atoms with E-state index in [1.54, 1.807) is 60.7 Å². The summed E-state index contributed by atoms with van der Waals surface area (Å²) < 4.78 is 37.9. The number of rotatable bonds is 4. The highest BCUT2D eigenvalue weighted by molar-refractivity contribution is 5.38. The minimum absolute atomic E-state index is 0.144. The van der Waals surface area contributed by atoms with Gasteiger partial charge in [0, 0.05) is 0 Å². The standard InChI is InChI=1S/C18H12F2O2/c19-15-5-1-3-7-17(15)21-13-9-11-14(12-10-13)22-18-8-4-2-6-16(18)20/h1-12H. The third kappa shape index (κ3) is 3.23. The molecule has 0 bridgehead atoms. The van der Waals surface area contributed by atoms with Crippen molar-refractivity contribution in [1.29, 1.82) is 0 Å². The summed E-state index contributed by atoms with van der Waals surface area (Å²) in [6.07, 6.45) is 0. The van der Waals surface area contributed by atoms with Crippen LogP contribution in [0.25, 0.3) is 0 Å². The second-order valence-corrected chi connectivity index (χ2v) is 4.54. The van der Waals surface area contributed by atoms with Crippen molar-refractivity contribution >= 4 is 0 Å². The minimum Gasteiger partial charge on any atom is -0.454 e. The van der Waals surface area contributed by atoms with Crippen LogP contribution in [0.5, 0.6) is 23.0 Å². The lowest BCUT2D eigenvalue weighted by molar-refractivity contribution is 0.432. The van der Waals surface area contributed by atoms with E-state index in [4.69, 9.17) is 9.47 Å². The van der Waals surface area contributed by atoms with Gasteiger partial charge in [-0.1, -0.05) is 24.3 Å². The van der Waals surface area contributed by atoms with Gasteiger partial charge in [0.1, 0.15) is 11.5 Å². The van der Waals surface area contributed by atoms with Crippen LogP contribution in [0.3, 0.4) is 0 Å². The molecular weight excluding hydrogens is 286 g/mol. The van der Waals surface area contributed by atoms with Gasteiger partial charge in [0.05, 0.1) is 0 Å². The molecule has 0 heterocycles. The van der Waals surface area contributed by atoms with Crippen LogP contribution in [0.2, 0.25) is 0 Å². The summed E-state index contributed by atoms with van der Waals surface area (Å²) >= 11 is 0. The lowest BCUT2D eigenvalue weighted by atomic mass is 10.3. The molecule has 0 aliphatic heterocycles. The molecule has 0 saturated heterocycles. The molecule has 3 aromatic rings. The van der Waals surface area contributed by atoms with Gasteiger partial charge < -0.3 is 9.47 Å². The largest absolute Gasteiger partial charge is 0.454 e. The van der Waals surface area contributed by atoms with E-state index in [9.17, 15) is 8.78 Å². The molecule has 22 heavy (non-hydrogen) atoms. The Bertz CT molecular complexity index is 704. The highest BCUT2D eigenvalue weighted by Gasteiger charge is 2.05. The smallest absolute Gasteiger partial charge is 0.165 e. The summed E-state index contributed by atoms with van der Waals surface area (Å²) in [7, 11) is 0. The number of para-hydroxylation sites is 2. The summed E-state index contributed by atoms with van der Waals surface area (Å²) in [6.45, 7) is 0. The third-order valence-corrected chi connectivity index (χ3v) is 2.95. The summed E-state index contributed by atoms with van der Waals surface area (Å²) in [5.41, 5.74) is 0. The van der Waals surface area contributed by atoms with Gasteiger partial charge in [0.25, 0.3) is 0 Å². The van der Waals surface area contributed by atoms with Gasteiger partial charge in [-0.25, -0.2) is 8.78 Å². The Labute approximate surface area is 126 Å². The predicted molar refractivity (Wildman–Crippen MR) is 79.4 cm³/mol. The molecule has 0 atom stereocenters. The maximum Gasteiger partial charge on any atom is 0.165 e. The van der Waals surface area contributed by atoms with Gasteiger partial charge in [-0.05, 0) is 48.5 Å². The first-order chi connectivity index (χ1) is 10.7. The normalized spacial score (nSPS) is 10.3. The summed E-state index contributed by atoms with van der Waals surface area (Å²) in [4.78, 5) is 0. The van der Waals surface area contributed by atoms with Crippen molar-refractivity contribution in [3.63, 3.8) is 0 Å². The Morgan fingerprint density at radius 2 is 0.864 bits per heavy atom. The van der Waals surface area contributed by atoms with E-state index in [1.165, 1.54) is 12.1 Å². The van der Waals surface area contributed by atoms with Crippen LogP contribution in [0, 0.1) is 11.6 Å². The molecule has 4 heteroatoms. The first-order valence-electron chi connectivity index (χ1n) is 6.67. The topological polar surface area (TPSA) is 18.5 Å². The fourth-order valence-corrected chi connectivity index (χ4v) is 1.88. The molecule has 0 unspecified atom stereocenters. The van der Waals surface area contributed by atoms with Crippen LogP contribution in [0.4, 0.5) is 8.78 Å².